The molecule has 0 unspecified atom stereocenters. The Morgan fingerprint density at radius 1 is 1.17 bits per heavy atom. The zero-order valence-electron chi connectivity index (χ0n) is 21.1. The third-order valence-corrected chi connectivity index (χ3v) is 7.61. The predicted octanol–water partition coefficient (Wildman–Crippen LogP) is 5.02. The number of amides is 1. The van der Waals surface area contributed by atoms with Gasteiger partial charge in [0.25, 0.3) is 0 Å². The van der Waals surface area contributed by atoms with Crippen molar-refractivity contribution in [2.45, 2.75) is 57.0 Å². The van der Waals surface area contributed by atoms with E-state index in [4.69, 9.17) is 26.3 Å². The Morgan fingerprint density at radius 3 is 2.61 bits per heavy atom. The number of carbonyl (C=O) groups excluding carboxylic acids is 1. The van der Waals surface area contributed by atoms with Crippen molar-refractivity contribution < 1.29 is 9.53 Å². The zero-order chi connectivity index (χ0) is 25.3. The number of benzene rings is 1. The SMILES string of the molecule is CN(C)C(=O)C1CCC(n2c(Nc3cccc(Cl)c3)nc3cnc(NC4(C)CCOCC4)nc32)CC1. The van der Waals surface area contributed by atoms with Crippen LogP contribution in [0.4, 0.5) is 17.6 Å². The summed E-state index contributed by atoms with van der Waals surface area (Å²) in [6.07, 6.45) is 7.02. The molecule has 0 atom stereocenters. The summed E-state index contributed by atoms with van der Waals surface area (Å²) in [6, 6.07) is 7.77. The summed E-state index contributed by atoms with van der Waals surface area (Å²) in [6.45, 7) is 3.65. The van der Waals surface area contributed by atoms with Gasteiger partial charge < -0.3 is 20.3 Å². The minimum atomic E-state index is -0.108. The first-order valence-electron chi connectivity index (χ1n) is 12.7. The topological polar surface area (TPSA) is 97.2 Å². The predicted molar refractivity (Wildman–Crippen MR) is 142 cm³/mol. The van der Waals surface area contributed by atoms with Crippen molar-refractivity contribution in [3.05, 3.63) is 35.5 Å². The Morgan fingerprint density at radius 2 is 1.92 bits per heavy atom. The van der Waals surface area contributed by atoms with E-state index in [9.17, 15) is 4.79 Å². The number of fused-ring (bicyclic) bond motifs is 1. The number of imidazole rings is 1. The maximum Gasteiger partial charge on any atom is 0.225 e. The molecule has 3 aromatic rings. The van der Waals surface area contributed by atoms with E-state index in [0.29, 0.717) is 16.9 Å². The van der Waals surface area contributed by atoms with Crippen molar-refractivity contribution in [3.8, 4) is 0 Å². The summed E-state index contributed by atoms with van der Waals surface area (Å²) in [7, 11) is 3.66. The fraction of sp³-hybridized carbons (Fsp3) is 0.538. The number of anilines is 3. The molecule has 9 nitrogen and oxygen atoms in total. The van der Waals surface area contributed by atoms with E-state index >= 15 is 0 Å². The van der Waals surface area contributed by atoms with E-state index in [2.05, 4.69) is 27.1 Å². The highest BCUT2D eigenvalue weighted by Gasteiger charge is 2.32. The van der Waals surface area contributed by atoms with Gasteiger partial charge >= 0.3 is 0 Å². The second-order valence-corrected chi connectivity index (χ2v) is 10.8. The van der Waals surface area contributed by atoms with Crippen LogP contribution in [-0.2, 0) is 9.53 Å². The Hall–Kier alpha value is -2.91. The monoisotopic (exact) mass is 511 g/mol. The summed E-state index contributed by atoms with van der Waals surface area (Å²) >= 11 is 6.23. The second-order valence-electron chi connectivity index (χ2n) is 10.4. The number of halogens is 1. The molecule has 5 rings (SSSR count). The minimum absolute atomic E-state index is 0.0655. The van der Waals surface area contributed by atoms with E-state index in [1.807, 2.05) is 38.4 Å². The molecular weight excluding hydrogens is 478 g/mol. The summed E-state index contributed by atoms with van der Waals surface area (Å²) in [4.78, 5) is 28.6. The number of aromatic nitrogens is 4. The van der Waals surface area contributed by atoms with Crippen LogP contribution in [0.25, 0.3) is 11.2 Å². The van der Waals surface area contributed by atoms with Gasteiger partial charge in [-0.3, -0.25) is 9.36 Å². The molecular formula is C26H34ClN7O2. The zero-order valence-corrected chi connectivity index (χ0v) is 21.9. The maximum atomic E-state index is 12.6. The molecule has 3 heterocycles. The van der Waals surface area contributed by atoms with E-state index in [0.717, 1.165) is 68.6 Å². The first kappa shape index (κ1) is 24.8. The van der Waals surface area contributed by atoms with Gasteiger partial charge in [0.2, 0.25) is 17.8 Å². The molecule has 0 bridgehead atoms. The molecule has 1 aliphatic carbocycles. The van der Waals surface area contributed by atoms with Gasteiger partial charge in [0.15, 0.2) is 5.65 Å². The van der Waals surface area contributed by atoms with Crippen molar-refractivity contribution in [3.63, 3.8) is 0 Å². The van der Waals surface area contributed by atoms with Crippen molar-refractivity contribution in [1.82, 2.24) is 24.4 Å². The Kier molecular flexibility index (Phi) is 7.03. The average Bonchev–Trinajstić information content (AvgIpc) is 3.20. The first-order chi connectivity index (χ1) is 17.3. The van der Waals surface area contributed by atoms with Crippen LogP contribution >= 0.6 is 11.6 Å². The highest BCUT2D eigenvalue weighted by Crippen LogP contribution is 2.38. The van der Waals surface area contributed by atoms with Gasteiger partial charge in [-0.2, -0.15) is 4.98 Å². The van der Waals surface area contributed by atoms with Crippen molar-refractivity contribution in [2.24, 2.45) is 5.92 Å². The molecule has 192 valence electrons. The summed E-state index contributed by atoms with van der Waals surface area (Å²) < 4.78 is 7.73. The van der Waals surface area contributed by atoms with Crippen molar-refractivity contribution >= 4 is 46.3 Å². The van der Waals surface area contributed by atoms with E-state index in [-0.39, 0.29) is 23.4 Å². The molecule has 1 saturated heterocycles. The van der Waals surface area contributed by atoms with Crippen LogP contribution in [0.3, 0.4) is 0 Å². The molecule has 2 N–H and O–H groups in total. The maximum absolute atomic E-state index is 12.6. The molecule has 36 heavy (non-hydrogen) atoms. The highest BCUT2D eigenvalue weighted by molar-refractivity contribution is 6.30. The lowest BCUT2D eigenvalue weighted by molar-refractivity contribution is -0.134. The average molecular weight is 512 g/mol. The number of ether oxygens (including phenoxy) is 1. The molecule has 1 saturated carbocycles. The van der Waals surface area contributed by atoms with Crippen molar-refractivity contribution in [2.75, 3.05) is 37.9 Å². The Bertz CT molecular complexity index is 1230. The standard InChI is InChI=1S/C26H34ClN7O2/c1-26(11-13-36-14-12-26)32-24-28-16-21-22(31-24)34(20-9-7-17(8-10-20)23(35)33(2)3)25(30-21)29-19-6-4-5-18(27)15-19/h4-6,15-17,20H,7-14H2,1-3H3,(H,29,30)(H,28,31,32). The van der Waals surface area contributed by atoms with Gasteiger partial charge in [-0.15, -0.1) is 0 Å². The normalized spacial score (nSPS) is 21.8. The lowest BCUT2D eigenvalue weighted by Gasteiger charge is -2.34. The molecule has 10 heteroatoms. The number of nitrogens with zero attached hydrogens (tertiary/aromatic N) is 5. The smallest absolute Gasteiger partial charge is 0.225 e. The number of rotatable bonds is 6. The van der Waals surface area contributed by atoms with E-state index < -0.39 is 0 Å². The Labute approximate surface area is 216 Å². The molecule has 1 aliphatic heterocycles. The Balaban J connectivity index is 1.48. The fourth-order valence-corrected chi connectivity index (χ4v) is 5.43. The molecule has 0 radical (unpaired) electrons. The fourth-order valence-electron chi connectivity index (χ4n) is 5.24. The minimum Gasteiger partial charge on any atom is -0.381 e. The van der Waals surface area contributed by atoms with E-state index in [1.165, 1.54) is 0 Å². The van der Waals surface area contributed by atoms with Gasteiger partial charge in [0.1, 0.15) is 5.52 Å². The van der Waals surface area contributed by atoms with Gasteiger partial charge in [-0.25, -0.2) is 9.97 Å². The van der Waals surface area contributed by atoms with Gasteiger partial charge in [0.05, 0.1) is 6.20 Å². The second kappa shape index (κ2) is 10.2. The molecule has 2 fully saturated rings. The quantitative estimate of drug-likeness (QED) is 0.479. The highest BCUT2D eigenvalue weighted by atomic mass is 35.5. The molecule has 1 amide bonds. The van der Waals surface area contributed by atoms with Gasteiger partial charge in [-0.1, -0.05) is 17.7 Å². The first-order valence-corrected chi connectivity index (χ1v) is 13.0. The van der Waals surface area contributed by atoms with Crippen LogP contribution in [-0.4, -0.2) is 63.2 Å². The summed E-state index contributed by atoms with van der Waals surface area (Å²) in [5.74, 6) is 1.58. The third-order valence-electron chi connectivity index (χ3n) is 7.38. The molecule has 1 aromatic carbocycles. The van der Waals surface area contributed by atoms with Crippen LogP contribution in [0.5, 0.6) is 0 Å². The number of hydrogen-bond acceptors (Lipinski definition) is 7. The lowest BCUT2D eigenvalue weighted by atomic mass is 9.85. The van der Waals surface area contributed by atoms with Crippen LogP contribution in [0.15, 0.2) is 30.5 Å². The van der Waals surface area contributed by atoms with Gasteiger partial charge in [0, 0.05) is 55.5 Å². The lowest BCUT2D eigenvalue weighted by Crippen LogP contribution is -2.41. The third kappa shape index (κ3) is 5.27. The summed E-state index contributed by atoms with van der Waals surface area (Å²) in [5, 5.41) is 7.65. The van der Waals surface area contributed by atoms with E-state index in [1.54, 1.807) is 11.1 Å². The largest absolute Gasteiger partial charge is 0.381 e. The molecule has 0 spiro atoms. The number of hydrogen-bond donors (Lipinski definition) is 2. The van der Waals surface area contributed by atoms with Gasteiger partial charge in [-0.05, 0) is 63.6 Å². The van der Waals surface area contributed by atoms with Crippen molar-refractivity contribution in [1.29, 1.82) is 0 Å². The van der Waals surface area contributed by atoms with Crippen LogP contribution in [0, 0.1) is 5.92 Å². The summed E-state index contributed by atoms with van der Waals surface area (Å²) in [5.41, 5.74) is 2.27. The molecule has 2 aliphatic rings. The van der Waals surface area contributed by atoms with Crippen LogP contribution in [0.2, 0.25) is 5.02 Å². The number of carbonyl (C=O) groups is 1. The molecule has 2 aromatic heterocycles. The van der Waals surface area contributed by atoms with Crippen LogP contribution in [0.1, 0.15) is 51.5 Å². The number of nitrogens with one attached hydrogen (secondary N) is 2. The van der Waals surface area contributed by atoms with Crippen LogP contribution < -0.4 is 10.6 Å².